The number of rotatable bonds is 7. The summed E-state index contributed by atoms with van der Waals surface area (Å²) in [6.45, 7) is 2.17. The van der Waals surface area contributed by atoms with Crippen LogP contribution in [0.4, 0.5) is 4.39 Å². The quantitative estimate of drug-likeness (QED) is 0.852. The Bertz CT molecular complexity index is 643. The van der Waals surface area contributed by atoms with E-state index in [1.165, 1.54) is 12.1 Å². The molecule has 2 aromatic carbocycles. The third kappa shape index (κ3) is 4.98. The van der Waals surface area contributed by atoms with Gasteiger partial charge in [0.1, 0.15) is 23.9 Å². The van der Waals surface area contributed by atoms with Crippen LogP contribution in [0.5, 0.6) is 11.5 Å². The number of hydrogen-bond acceptors (Lipinski definition) is 3. The van der Waals surface area contributed by atoms with Crippen molar-refractivity contribution in [2.75, 3.05) is 7.05 Å². The lowest BCUT2D eigenvalue weighted by molar-refractivity contribution is -0.127. The Labute approximate surface area is 135 Å². The van der Waals surface area contributed by atoms with Crippen molar-refractivity contribution >= 4 is 5.91 Å². The Balaban J connectivity index is 1.92. The van der Waals surface area contributed by atoms with Crippen LogP contribution in [0.3, 0.4) is 0 Å². The van der Waals surface area contributed by atoms with Gasteiger partial charge in [-0.3, -0.25) is 4.79 Å². The van der Waals surface area contributed by atoms with Crippen LogP contribution in [0.15, 0.2) is 48.5 Å². The summed E-state index contributed by atoms with van der Waals surface area (Å²) in [4.78, 5) is 11.6. The molecule has 0 saturated heterocycles. The summed E-state index contributed by atoms with van der Waals surface area (Å²) in [6.07, 6.45) is 0.0661. The molecule has 23 heavy (non-hydrogen) atoms. The van der Waals surface area contributed by atoms with E-state index < -0.39 is 6.10 Å². The van der Waals surface area contributed by atoms with E-state index in [4.69, 9.17) is 9.47 Å². The molecule has 0 aromatic heterocycles. The number of amides is 1. The van der Waals surface area contributed by atoms with Gasteiger partial charge in [-0.1, -0.05) is 19.1 Å². The van der Waals surface area contributed by atoms with E-state index in [2.05, 4.69) is 5.32 Å². The zero-order chi connectivity index (χ0) is 16.7. The SMILES string of the molecule is CCC(Oc1ccc(OCc2cccc(F)c2)cc1)C(=O)NC. The zero-order valence-electron chi connectivity index (χ0n) is 13.2. The molecule has 2 aromatic rings. The standard InChI is InChI=1S/C18H20FNO3/c1-3-17(18(21)20-2)23-16-9-7-15(8-10-16)22-12-13-5-4-6-14(19)11-13/h4-11,17H,3,12H2,1-2H3,(H,20,21). The zero-order valence-corrected chi connectivity index (χ0v) is 13.2. The Kier molecular flexibility index (Phi) is 5.97. The van der Waals surface area contributed by atoms with Crippen LogP contribution in [0.1, 0.15) is 18.9 Å². The Morgan fingerprint density at radius 1 is 1.17 bits per heavy atom. The number of carbonyl (C=O) groups is 1. The first-order chi connectivity index (χ1) is 11.1. The molecule has 0 aliphatic heterocycles. The van der Waals surface area contributed by atoms with Gasteiger partial charge in [0.05, 0.1) is 0 Å². The van der Waals surface area contributed by atoms with Gasteiger partial charge in [-0.2, -0.15) is 0 Å². The van der Waals surface area contributed by atoms with Gasteiger partial charge in [-0.25, -0.2) is 4.39 Å². The number of hydrogen-bond donors (Lipinski definition) is 1. The van der Waals surface area contributed by atoms with Crippen LogP contribution >= 0.6 is 0 Å². The predicted molar refractivity (Wildman–Crippen MR) is 85.9 cm³/mol. The van der Waals surface area contributed by atoms with Crippen LogP contribution in [-0.2, 0) is 11.4 Å². The smallest absolute Gasteiger partial charge is 0.260 e. The molecule has 2 rings (SSSR count). The Morgan fingerprint density at radius 3 is 2.48 bits per heavy atom. The summed E-state index contributed by atoms with van der Waals surface area (Å²) in [5.74, 6) is 0.807. The molecule has 1 amide bonds. The average molecular weight is 317 g/mol. The molecule has 0 spiro atoms. The molecule has 4 nitrogen and oxygen atoms in total. The summed E-state index contributed by atoms with van der Waals surface area (Å²) in [7, 11) is 1.58. The molecule has 0 radical (unpaired) electrons. The van der Waals surface area contributed by atoms with E-state index in [-0.39, 0.29) is 18.3 Å². The fourth-order valence-electron chi connectivity index (χ4n) is 2.06. The van der Waals surface area contributed by atoms with E-state index in [1.54, 1.807) is 43.4 Å². The number of carbonyl (C=O) groups excluding carboxylic acids is 1. The third-order valence-corrected chi connectivity index (χ3v) is 3.31. The lowest BCUT2D eigenvalue weighted by Gasteiger charge is -2.16. The lowest BCUT2D eigenvalue weighted by atomic mass is 10.2. The summed E-state index contributed by atoms with van der Waals surface area (Å²) in [5.41, 5.74) is 0.760. The first kappa shape index (κ1) is 16.8. The van der Waals surface area contributed by atoms with Crippen LogP contribution in [0, 0.1) is 5.82 Å². The molecule has 0 saturated carbocycles. The fourth-order valence-corrected chi connectivity index (χ4v) is 2.06. The largest absolute Gasteiger partial charge is 0.489 e. The van der Waals surface area contributed by atoms with Gasteiger partial charge in [-0.15, -0.1) is 0 Å². The number of halogens is 1. The van der Waals surface area contributed by atoms with E-state index in [9.17, 15) is 9.18 Å². The predicted octanol–water partition coefficient (Wildman–Crippen LogP) is 3.31. The molecule has 1 unspecified atom stereocenters. The molecule has 1 N–H and O–H groups in total. The van der Waals surface area contributed by atoms with Crippen molar-refractivity contribution in [1.82, 2.24) is 5.32 Å². The normalized spacial score (nSPS) is 11.6. The van der Waals surface area contributed by atoms with E-state index >= 15 is 0 Å². The highest BCUT2D eigenvalue weighted by Crippen LogP contribution is 2.20. The van der Waals surface area contributed by atoms with E-state index in [0.29, 0.717) is 17.9 Å². The summed E-state index contributed by atoms with van der Waals surface area (Å²) in [6, 6.07) is 13.3. The number of nitrogens with one attached hydrogen (secondary N) is 1. The van der Waals surface area contributed by atoms with Crippen molar-refractivity contribution in [3.8, 4) is 11.5 Å². The highest BCUT2D eigenvalue weighted by molar-refractivity contribution is 5.80. The van der Waals surface area contributed by atoms with E-state index in [0.717, 1.165) is 5.56 Å². The molecule has 0 heterocycles. The van der Waals surface area contributed by atoms with Crippen LogP contribution in [0.2, 0.25) is 0 Å². The Hall–Kier alpha value is -2.56. The molecule has 122 valence electrons. The first-order valence-corrected chi connectivity index (χ1v) is 7.48. The van der Waals surface area contributed by atoms with Crippen molar-refractivity contribution in [1.29, 1.82) is 0 Å². The average Bonchev–Trinajstić information content (AvgIpc) is 2.58. The molecular formula is C18H20FNO3. The molecule has 5 heteroatoms. The summed E-state index contributed by atoms with van der Waals surface area (Å²) >= 11 is 0. The second-order valence-corrected chi connectivity index (χ2v) is 5.02. The minimum atomic E-state index is -0.515. The van der Waals surface area contributed by atoms with Gasteiger partial charge in [-0.05, 0) is 48.4 Å². The van der Waals surface area contributed by atoms with Crippen molar-refractivity contribution < 1.29 is 18.7 Å². The van der Waals surface area contributed by atoms with Crippen molar-refractivity contribution in [2.45, 2.75) is 26.1 Å². The molecular weight excluding hydrogens is 297 g/mol. The highest BCUT2D eigenvalue weighted by atomic mass is 19.1. The van der Waals surface area contributed by atoms with Gasteiger partial charge in [0.25, 0.3) is 5.91 Å². The van der Waals surface area contributed by atoms with Crippen molar-refractivity contribution in [2.24, 2.45) is 0 Å². The van der Waals surface area contributed by atoms with Gasteiger partial charge in [0.2, 0.25) is 0 Å². The molecule has 0 aliphatic carbocycles. The monoisotopic (exact) mass is 317 g/mol. The number of benzene rings is 2. The summed E-state index contributed by atoms with van der Waals surface area (Å²) in [5, 5.41) is 2.57. The molecule has 1 atom stereocenters. The van der Waals surface area contributed by atoms with Crippen molar-refractivity contribution in [3.05, 3.63) is 59.9 Å². The maximum Gasteiger partial charge on any atom is 0.260 e. The fraction of sp³-hybridized carbons (Fsp3) is 0.278. The number of likely N-dealkylation sites (N-methyl/N-ethyl adjacent to an activating group) is 1. The maximum absolute atomic E-state index is 13.1. The van der Waals surface area contributed by atoms with Crippen LogP contribution in [0.25, 0.3) is 0 Å². The maximum atomic E-state index is 13.1. The van der Waals surface area contributed by atoms with Crippen molar-refractivity contribution in [3.63, 3.8) is 0 Å². The van der Waals surface area contributed by atoms with Gasteiger partial charge >= 0.3 is 0 Å². The van der Waals surface area contributed by atoms with Gasteiger partial charge in [0, 0.05) is 7.05 Å². The minimum Gasteiger partial charge on any atom is -0.489 e. The molecule has 0 aliphatic rings. The lowest BCUT2D eigenvalue weighted by Crippen LogP contribution is -2.35. The first-order valence-electron chi connectivity index (χ1n) is 7.48. The highest BCUT2D eigenvalue weighted by Gasteiger charge is 2.16. The minimum absolute atomic E-state index is 0.154. The van der Waals surface area contributed by atoms with Crippen LogP contribution in [-0.4, -0.2) is 19.1 Å². The van der Waals surface area contributed by atoms with E-state index in [1.807, 2.05) is 6.92 Å². The third-order valence-electron chi connectivity index (χ3n) is 3.31. The Morgan fingerprint density at radius 2 is 1.87 bits per heavy atom. The van der Waals surface area contributed by atoms with Crippen LogP contribution < -0.4 is 14.8 Å². The van der Waals surface area contributed by atoms with Gasteiger partial charge < -0.3 is 14.8 Å². The number of ether oxygens (including phenoxy) is 2. The second-order valence-electron chi connectivity index (χ2n) is 5.02. The topological polar surface area (TPSA) is 47.6 Å². The molecule has 0 bridgehead atoms. The molecule has 0 fully saturated rings. The second kappa shape index (κ2) is 8.17. The van der Waals surface area contributed by atoms with Gasteiger partial charge in [0.15, 0.2) is 6.10 Å². The summed E-state index contributed by atoms with van der Waals surface area (Å²) < 4.78 is 24.3.